The van der Waals surface area contributed by atoms with E-state index in [0.29, 0.717) is 19.6 Å². The summed E-state index contributed by atoms with van der Waals surface area (Å²) in [7, 11) is 1.21. The number of methoxy groups -OCH3 is 1. The molecule has 0 aromatic carbocycles. The van der Waals surface area contributed by atoms with Gasteiger partial charge in [-0.15, -0.1) is 11.8 Å². The summed E-state index contributed by atoms with van der Waals surface area (Å²) in [6, 6.07) is 0. The molecule has 0 bridgehead atoms. The topological polar surface area (TPSA) is 114 Å². The molecule has 33 heavy (non-hydrogen) atoms. The molecule has 9 nitrogen and oxygen atoms in total. The summed E-state index contributed by atoms with van der Waals surface area (Å²) in [4.78, 5) is 49.2. The third kappa shape index (κ3) is 11.1. The van der Waals surface area contributed by atoms with Gasteiger partial charge in [-0.1, -0.05) is 6.08 Å². The second-order valence-corrected chi connectivity index (χ2v) is 7.15. The van der Waals surface area contributed by atoms with Crippen LogP contribution in [0.2, 0.25) is 0 Å². The number of allylic oxidation sites excluding steroid dienone is 1. The average Bonchev–Trinajstić information content (AvgIpc) is 2.81. The van der Waals surface area contributed by atoms with Gasteiger partial charge in [0.15, 0.2) is 12.1 Å². The fourth-order valence-electron chi connectivity index (χ4n) is 3.07. The first-order valence-corrected chi connectivity index (χ1v) is 11.2. The van der Waals surface area contributed by atoms with Crippen molar-refractivity contribution in [1.82, 2.24) is 0 Å². The lowest BCUT2D eigenvalue weighted by Crippen LogP contribution is -2.36. The van der Waals surface area contributed by atoms with Crippen LogP contribution >= 0.6 is 0 Å². The van der Waals surface area contributed by atoms with Gasteiger partial charge < -0.3 is 23.7 Å². The van der Waals surface area contributed by atoms with Crippen molar-refractivity contribution in [3.05, 3.63) is 12.2 Å². The van der Waals surface area contributed by atoms with E-state index in [9.17, 15) is 19.2 Å². The van der Waals surface area contributed by atoms with Crippen LogP contribution in [-0.4, -0.2) is 63.5 Å². The Bertz CT molecular complexity index is 726. The average molecular weight is 467 g/mol. The van der Waals surface area contributed by atoms with E-state index >= 15 is 0 Å². The molecule has 0 amide bonds. The number of hydrogen-bond donors (Lipinski definition) is 0. The van der Waals surface area contributed by atoms with Crippen molar-refractivity contribution < 1.29 is 42.9 Å². The molecule has 3 atom stereocenters. The van der Waals surface area contributed by atoms with Crippen LogP contribution in [0.5, 0.6) is 0 Å². The normalized spacial score (nSPS) is 17.4. The molecular weight excluding hydrogens is 432 g/mol. The SMILES string of the molecule is CCOC(=O)C(CC#CCCOC1CCCCO1)C(=O)C(C/C=C/C(=O)OC)C(=O)OCC. The Morgan fingerprint density at radius 1 is 1.03 bits per heavy atom. The highest BCUT2D eigenvalue weighted by molar-refractivity contribution is 6.08. The Morgan fingerprint density at radius 3 is 2.33 bits per heavy atom. The van der Waals surface area contributed by atoms with Gasteiger partial charge in [0.2, 0.25) is 0 Å². The van der Waals surface area contributed by atoms with Crippen LogP contribution in [0.4, 0.5) is 0 Å². The Labute approximate surface area is 195 Å². The number of ketones is 1. The number of rotatable bonds is 13. The van der Waals surface area contributed by atoms with Crippen molar-refractivity contribution in [3.8, 4) is 11.8 Å². The van der Waals surface area contributed by atoms with Crippen molar-refractivity contribution in [2.24, 2.45) is 11.8 Å². The van der Waals surface area contributed by atoms with E-state index < -0.39 is 35.5 Å². The molecule has 0 aliphatic carbocycles. The Morgan fingerprint density at radius 2 is 1.73 bits per heavy atom. The second-order valence-electron chi connectivity index (χ2n) is 7.15. The number of esters is 3. The predicted octanol–water partition coefficient (Wildman–Crippen LogP) is 2.36. The van der Waals surface area contributed by atoms with Crippen molar-refractivity contribution in [2.75, 3.05) is 33.5 Å². The molecule has 0 aromatic heterocycles. The minimum Gasteiger partial charge on any atom is -0.466 e. The molecule has 9 heteroatoms. The zero-order chi connectivity index (χ0) is 24.5. The number of carbonyl (C=O) groups is 4. The minimum absolute atomic E-state index is 0.0674. The first kappa shape index (κ1) is 28.3. The van der Waals surface area contributed by atoms with E-state index in [2.05, 4.69) is 16.6 Å². The number of Topliss-reactive ketones (excluding diaryl/α,β-unsaturated/α-hetero) is 1. The largest absolute Gasteiger partial charge is 0.466 e. The highest BCUT2D eigenvalue weighted by atomic mass is 16.7. The summed E-state index contributed by atoms with van der Waals surface area (Å²) in [5.41, 5.74) is 0. The van der Waals surface area contributed by atoms with Crippen LogP contribution in [-0.2, 0) is 42.9 Å². The van der Waals surface area contributed by atoms with Gasteiger partial charge in [-0.05, 0) is 39.5 Å². The summed E-state index contributed by atoms with van der Waals surface area (Å²) in [5.74, 6) is 0.359. The summed E-state index contributed by atoms with van der Waals surface area (Å²) in [6.45, 7) is 4.45. The van der Waals surface area contributed by atoms with Gasteiger partial charge in [0, 0.05) is 25.5 Å². The maximum Gasteiger partial charge on any atom is 0.330 e. The third-order valence-electron chi connectivity index (χ3n) is 4.76. The quantitative estimate of drug-likeness (QED) is 0.101. The number of carbonyl (C=O) groups excluding carboxylic acids is 4. The number of ether oxygens (including phenoxy) is 5. The molecule has 0 radical (unpaired) electrons. The van der Waals surface area contributed by atoms with Gasteiger partial charge in [0.05, 0.1) is 26.9 Å². The summed E-state index contributed by atoms with van der Waals surface area (Å²) in [6.07, 6.45) is 5.37. The van der Waals surface area contributed by atoms with E-state index in [1.807, 2.05) is 0 Å². The molecule has 0 saturated carbocycles. The van der Waals surface area contributed by atoms with Crippen LogP contribution in [0.15, 0.2) is 12.2 Å². The molecule has 1 aliphatic heterocycles. The first-order valence-electron chi connectivity index (χ1n) is 11.2. The molecule has 0 spiro atoms. The summed E-state index contributed by atoms with van der Waals surface area (Å²) < 4.78 is 25.6. The van der Waals surface area contributed by atoms with Gasteiger partial charge in [-0.2, -0.15) is 0 Å². The highest BCUT2D eigenvalue weighted by Gasteiger charge is 2.37. The van der Waals surface area contributed by atoms with Crippen LogP contribution in [0.3, 0.4) is 0 Å². The summed E-state index contributed by atoms with van der Waals surface area (Å²) >= 11 is 0. The number of hydrogen-bond acceptors (Lipinski definition) is 9. The molecule has 0 N–H and O–H groups in total. The molecule has 1 aliphatic rings. The van der Waals surface area contributed by atoms with E-state index in [1.54, 1.807) is 13.8 Å². The smallest absolute Gasteiger partial charge is 0.330 e. The monoisotopic (exact) mass is 466 g/mol. The van der Waals surface area contributed by atoms with Gasteiger partial charge in [0.25, 0.3) is 0 Å². The van der Waals surface area contributed by atoms with Crippen LogP contribution in [0, 0.1) is 23.7 Å². The molecule has 1 heterocycles. The molecular formula is C24H34O9. The zero-order valence-corrected chi connectivity index (χ0v) is 19.6. The Kier molecular flexibility index (Phi) is 14.5. The van der Waals surface area contributed by atoms with Crippen molar-refractivity contribution in [2.45, 2.75) is 58.7 Å². The third-order valence-corrected chi connectivity index (χ3v) is 4.76. The van der Waals surface area contributed by atoms with Gasteiger partial charge in [-0.3, -0.25) is 14.4 Å². The Hall–Kier alpha value is -2.70. The second kappa shape index (κ2) is 16.9. The van der Waals surface area contributed by atoms with E-state index in [-0.39, 0.29) is 32.3 Å². The maximum absolute atomic E-state index is 13.1. The molecule has 184 valence electrons. The van der Waals surface area contributed by atoms with Crippen LogP contribution < -0.4 is 0 Å². The van der Waals surface area contributed by atoms with Gasteiger partial charge in [0.1, 0.15) is 11.8 Å². The van der Waals surface area contributed by atoms with E-state index in [0.717, 1.165) is 25.3 Å². The lowest BCUT2D eigenvalue weighted by Gasteiger charge is -2.22. The Balaban J connectivity index is 2.80. The van der Waals surface area contributed by atoms with Crippen molar-refractivity contribution in [3.63, 3.8) is 0 Å². The molecule has 1 saturated heterocycles. The molecule has 0 aromatic rings. The molecule has 1 fully saturated rings. The van der Waals surface area contributed by atoms with Crippen LogP contribution in [0.25, 0.3) is 0 Å². The van der Waals surface area contributed by atoms with Gasteiger partial charge in [-0.25, -0.2) is 4.79 Å². The van der Waals surface area contributed by atoms with E-state index in [4.69, 9.17) is 18.9 Å². The van der Waals surface area contributed by atoms with Crippen LogP contribution in [0.1, 0.15) is 52.4 Å². The summed E-state index contributed by atoms with van der Waals surface area (Å²) in [5, 5.41) is 0. The zero-order valence-electron chi connectivity index (χ0n) is 19.6. The maximum atomic E-state index is 13.1. The highest BCUT2D eigenvalue weighted by Crippen LogP contribution is 2.19. The minimum atomic E-state index is -1.27. The molecule has 1 rings (SSSR count). The predicted molar refractivity (Wildman–Crippen MR) is 118 cm³/mol. The van der Waals surface area contributed by atoms with Crippen molar-refractivity contribution in [1.29, 1.82) is 0 Å². The lowest BCUT2D eigenvalue weighted by atomic mass is 9.88. The standard InChI is InChI=1S/C24H34O9/c1-4-30-23(27)18(12-7-6-9-16-32-21-15-8-10-17-33-21)22(26)19(24(28)31-5-2)13-11-14-20(25)29-3/h11,14,18-19,21H,4-5,8-10,12-13,15-17H2,1-3H3/b14-11+. The fraction of sp³-hybridized carbons (Fsp3) is 0.667. The van der Waals surface area contributed by atoms with Crippen molar-refractivity contribution >= 4 is 23.7 Å². The lowest BCUT2D eigenvalue weighted by molar-refractivity contribution is -0.161. The van der Waals surface area contributed by atoms with Gasteiger partial charge >= 0.3 is 17.9 Å². The van der Waals surface area contributed by atoms with E-state index in [1.165, 1.54) is 13.2 Å². The fourth-order valence-corrected chi connectivity index (χ4v) is 3.07. The molecule has 3 unspecified atom stereocenters. The first-order chi connectivity index (χ1) is 15.9.